The molecule has 174 valence electrons. The largest absolute Gasteiger partial charge is 0.502 e. The number of aromatic hydroxyl groups is 1. The van der Waals surface area contributed by atoms with E-state index in [2.05, 4.69) is 0 Å². The number of carbonyl (C=O) groups excluding carboxylic acids is 1. The number of piperidine rings is 1. The molecule has 0 spiro atoms. The Kier molecular flexibility index (Phi) is 4.91. The first-order valence-corrected chi connectivity index (χ1v) is 12.2. The van der Waals surface area contributed by atoms with Crippen molar-refractivity contribution < 1.29 is 18.7 Å². The molecule has 2 atom stereocenters. The van der Waals surface area contributed by atoms with Gasteiger partial charge in [0.05, 0.1) is 0 Å². The summed E-state index contributed by atoms with van der Waals surface area (Å²) in [7, 11) is 0. The maximum Gasteiger partial charge on any atom is 0.278 e. The molecule has 34 heavy (non-hydrogen) atoms. The van der Waals surface area contributed by atoms with Crippen LogP contribution in [-0.2, 0) is 5.75 Å². The monoisotopic (exact) mass is 481 g/mol. The van der Waals surface area contributed by atoms with Crippen LogP contribution >= 0.6 is 11.8 Å². The molecule has 4 heterocycles. The number of pyridine rings is 1. The highest BCUT2D eigenvalue weighted by atomic mass is 32.2. The van der Waals surface area contributed by atoms with E-state index in [1.54, 1.807) is 23.1 Å². The zero-order valence-corrected chi connectivity index (χ0v) is 18.9. The lowest BCUT2D eigenvalue weighted by Crippen LogP contribution is -2.63. The van der Waals surface area contributed by atoms with Gasteiger partial charge in [0.25, 0.3) is 5.91 Å². The van der Waals surface area contributed by atoms with Crippen LogP contribution in [0.3, 0.4) is 0 Å². The summed E-state index contributed by atoms with van der Waals surface area (Å²) in [5.41, 5.74) is 0.903. The number of benzene rings is 2. The van der Waals surface area contributed by atoms with Gasteiger partial charge in [-0.25, -0.2) is 8.78 Å². The molecule has 0 bridgehead atoms. The van der Waals surface area contributed by atoms with Crippen LogP contribution in [0.15, 0.2) is 58.4 Å². The summed E-state index contributed by atoms with van der Waals surface area (Å²) in [6.07, 6.45) is 3.25. The van der Waals surface area contributed by atoms with Crippen molar-refractivity contribution in [3.8, 4) is 5.75 Å². The summed E-state index contributed by atoms with van der Waals surface area (Å²) in [5.74, 6) is -1.50. The number of aromatic nitrogens is 1. The number of amides is 1. The van der Waals surface area contributed by atoms with Gasteiger partial charge in [-0.1, -0.05) is 24.3 Å². The number of halogens is 2. The second kappa shape index (κ2) is 7.87. The predicted octanol–water partition coefficient (Wildman–Crippen LogP) is 4.13. The van der Waals surface area contributed by atoms with E-state index in [1.807, 2.05) is 11.1 Å². The van der Waals surface area contributed by atoms with Crippen LogP contribution in [-0.4, -0.2) is 33.3 Å². The number of fused-ring (bicyclic) bond motifs is 4. The van der Waals surface area contributed by atoms with Crippen LogP contribution < -0.4 is 10.4 Å². The van der Waals surface area contributed by atoms with Crippen LogP contribution in [0.4, 0.5) is 8.78 Å². The fourth-order valence-corrected chi connectivity index (χ4v) is 6.50. The van der Waals surface area contributed by atoms with E-state index in [1.165, 1.54) is 40.8 Å². The average Bonchev–Trinajstić information content (AvgIpc) is 3.00. The Labute approximate surface area is 198 Å². The van der Waals surface area contributed by atoms with Crippen molar-refractivity contribution in [1.29, 1.82) is 0 Å². The van der Waals surface area contributed by atoms with Crippen LogP contribution in [0.2, 0.25) is 0 Å². The van der Waals surface area contributed by atoms with Crippen molar-refractivity contribution in [2.45, 2.75) is 42.1 Å². The third-order valence-corrected chi connectivity index (χ3v) is 8.06. The van der Waals surface area contributed by atoms with Crippen LogP contribution in [0.5, 0.6) is 5.75 Å². The Balaban J connectivity index is 1.69. The maximum atomic E-state index is 15.6. The third-order valence-electron chi connectivity index (χ3n) is 6.89. The highest BCUT2D eigenvalue weighted by Gasteiger charge is 2.46. The van der Waals surface area contributed by atoms with Gasteiger partial charge in [-0.3, -0.25) is 19.3 Å². The Hall–Kier alpha value is -3.33. The van der Waals surface area contributed by atoms with Crippen molar-refractivity contribution in [1.82, 2.24) is 9.58 Å². The van der Waals surface area contributed by atoms with Crippen molar-refractivity contribution in [2.75, 3.05) is 11.6 Å². The molecule has 0 saturated carbocycles. The van der Waals surface area contributed by atoms with Crippen LogP contribution in [0, 0.1) is 11.6 Å². The summed E-state index contributed by atoms with van der Waals surface area (Å²) in [5, 5.41) is 12.5. The molecule has 0 aliphatic carbocycles. The van der Waals surface area contributed by atoms with Crippen molar-refractivity contribution >= 4 is 17.7 Å². The number of nitrogens with zero attached hydrogens (tertiary/aromatic N) is 3. The first kappa shape index (κ1) is 21.2. The van der Waals surface area contributed by atoms with E-state index >= 15 is 8.78 Å². The lowest BCUT2D eigenvalue weighted by atomic mass is 9.92. The van der Waals surface area contributed by atoms with Crippen molar-refractivity contribution in [3.63, 3.8) is 0 Å². The summed E-state index contributed by atoms with van der Waals surface area (Å²) in [4.78, 5) is 27.7. The van der Waals surface area contributed by atoms with Gasteiger partial charge < -0.3 is 10.0 Å². The van der Waals surface area contributed by atoms with Crippen molar-refractivity contribution in [2.24, 2.45) is 0 Å². The average molecular weight is 482 g/mol. The smallest absolute Gasteiger partial charge is 0.278 e. The number of hydrogen-bond donors (Lipinski definition) is 1. The van der Waals surface area contributed by atoms with Crippen molar-refractivity contribution in [3.05, 3.63) is 92.9 Å². The fraction of sp³-hybridized carbons (Fsp3) is 0.280. The minimum absolute atomic E-state index is 0.154. The van der Waals surface area contributed by atoms with E-state index in [0.29, 0.717) is 34.7 Å². The minimum Gasteiger partial charge on any atom is -0.502 e. The lowest BCUT2D eigenvalue weighted by Gasteiger charge is -2.51. The molecule has 1 N–H and O–H groups in total. The predicted molar refractivity (Wildman–Crippen MR) is 123 cm³/mol. The molecular formula is C25H21F2N3O3S. The quantitative estimate of drug-likeness (QED) is 0.566. The standard InChI is InChI=1S/C25H21F2N3O3S/c26-16-7-3-5-14-13-34-24-15(6-4-8-17(24)27)21(20(14)16)30-19-9-1-2-11-28(19)25(33)22-23(32)18(31)10-12-29(22)30/h3-8,10,12,19,21,32H,1-2,9,11,13H2/t19-,21-/m1/s1. The SMILES string of the molecule is O=C1c2c(O)c(=O)ccn2N([C@@H]2c3cccc(F)c3SCc3cccc(F)c32)[C@@H]2CCCCN12. The molecule has 9 heteroatoms. The maximum absolute atomic E-state index is 15.6. The zero-order valence-electron chi connectivity index (χ0n) is 18.1. The molecule has 1 aromatic heterocycles. The summed E-state index contributed by atoms with van der Waals surface area (Å²) in [6.45, 7) is 0.449. The fourth-order valence-electron chi connectivity index (χ4n) is 5.40. The Morgan fingerprint density at radius 3 is 2.65 bits per heavy atom. The van der Waals surface area contributed by atoms with E-state index in [0.717, 1.165) is 18.4 Å². The number of thioether (sulfide) groups is 1. The van der Waals surface area contributed by atoms with Gasteiger partial charge in [0.1, 0.15) is 23.8 Å². The normalized spacial score (nSPS) is 21.3. The molecule has 3 aliphatic heterocycles. The van der Waals surface area contributed by atoms with Gasteiger partial charge in [-0.15, -0.1) is 11.8 Å². The highest BCUT2D eigenvalue weighted by molar-refractivity contribution is 7.98. The first-order chi connectivity index (χ1) is 16.5. The first-order valence-electron chi connectivity index (χ1n) is 11.2. The van der Waals surface area contributed by atoms with Gasteiger partial charge in [0.2, 0.25) is 5.43 Å². The van der Waals surface area contributed by atoms with Gasteiger partial charge in [-0.2, -0.15) is 0 Å². The molecule has 3 aliphatic rings. The van der Waals surface area contributed by atoms with Gasteiger partial charge in [0, 0.05) is 35.0 Å². The highest BCUT2D eigenvalue weighted by Crippen LogP contribution is 2.46. The Bertz CT molecular complexity index is 1390. The van der Waals surface area contributed by atoms with Gasteiger partial charge in [0.15, 0.2) is 11.4 Å². The zero-order chi connectivity index (χ0) is 23.6. The Morgan fingerprint density at radius 1 is 1.00 bits per heavy atom. The topological polar surface area (TPSA) is 65.8 Å². The molecule has 6 nitrogen and oxygen atoms in total. The molecule has 0 radical (unpaired) electrons. The third kappa shape index (κ3) is 2.99. The second-order valence-electron chi connectivity index (χ2n) is 8.74. The van der Waals surface area contributed by atoms with Gasteiger partial charge >= 0.3 is 0 Å². The Morgan fingerprint density at radius 2 is 1.79 bits per heavy atom. The summed E-state index contributed by atoms with van der Waals surface area (Å²) >= 11 is 1.31. The van der Waals surface area contributed by atoms with E-state index in [9.17, 15) is 14.7 Å². The molecule has 6 rings (SSSR count). The number of hydrogen-bond acceptors (Lipinski definition) is 5. The summed E-state index contributed by atoms with van der Waals surface area (Å²) in [6, 6.07) is 10.0. The minimum atomic E-state index is -0.781. The number of carbonyl (C=O) groups is 1. The second-order valence-corrected chi connectivity index (χ2v) is 9.72. The van der Waals surface area contributed by atoms with E-state index in [-0.39, 0.29) is 5.69 Å². The molecule has 1 fully saturated rings. The molecule has 1 saturated heterocycles. The van der Waals surface area contributed by atoms with Crippen LogP contribution in [0.1, 0.15) is 52.5 Å². The molecule has 0 unspecified atom stereocenters. The van der Waals surface area contributed by atoms with Gasteiger partial charge in [-0.05, 0) is 42.5 Å². The summed E-state index contributed by atoms with van der Waals surface area (Å²) < 4.78 is 32.1. The molecular weight excluding hydrogens is 460 g/mol. The van der Waals surface area contributed by atoms with Crippen LogP contribution in [0.25, 0.3) is 0 Å². The molecule has 2 aromatic carbocycles. The molecule has 3 aromatic rings. The molecule has 1 amide bonds. The number of rotatable bonds is 1. The van der Waals surface area contributed by atoms with E-state index < -0.39 is 40.9 Å². The van der Waals surface area contributed by atoms with E-state index in [4.69, 9.17) is 0 Å². The lowest BCUT2D eigenvalue weighted by molar-refractivity contribution is 0.0461.